The quantitative estimate of drug-likeness (QED) is 0.872. The van der Waals surface area contributed by atoms with Gasteiger partial charge < -0.3 is 15.1 Å². The van der Waals surface area contributed by atoms with Crippen molar-refractivity contribution < 1.29 is 4.79 Å². The smallest absolute Gasteiger partial charge is 0.242 e. The van der Waals surface area contributed by atoms with Crippen molar-refractivity contribution in [3.63, 3.8) is 0 Å². The molecule has 1 N–H and O–H groups in total. The Morgan fingerprint density at radius 2 is 2.28 bits per heavy atom. The van der Waals surface area contributed by atoms with E-state index < -0.39 is 0 Å². The Balaban J connectivity index is 1.96. The number of hydrogen-bond donors (Lipinski definition) is 1. The minimum atomic E-state index is 0.112. The first-order valence-electron chi connectivity index (χ1n) is 5.98. The highest BCUT2D eigenvalue weighted by Crippen LogP contribution is 2.20. The van der Waals surface area contributed by atoms with Crippen LogP contribution in [0.4, 0.5) is 5.82 Å². The van der Waals surface area contributed by atoms with Crippen molar-refractivity contribution in [2.24, 2.45) is 0 Å². The molecular formula is C12H17ClN4O. The molecule has 2 rings (SSSR count). The number of likely N-dealkylation sites (N-methyl/N-ethyl adjacent to an activating group) is 1. The van der Waals surface area contributed by atoms with Crippen molar-refractivity contribution in [1.29, 1.82) is 0 Å². The third kappa shape index (κ3) is 3.11. The molecule has 1 aromatic rings. The molecule has 0 bridgehead atoms. The van der Waals surface area contributed by atoms with Crippen molar-refractivity contribution in [3.8, 4) is 0 Å². The number of amides is 1. The summed E-state index contributed by atoms with van der Waals surface area (Å²) in [6, 6.07) is 3.55. The van der Waals surface area contributed by atoms with Gasteiger partial charge in [-0.05, 0) is 12.1 Å². The molecular weight excluding hydrogens is 252 g/mol. The average Bonchev–Trinajstić information content (AvgIpc) is 2.40. The van der Waals surface area contributed by atoms with Gasteiger partial charge in [-0.1, -0.05) is 11.6 Å². The van der Waals surface area contributed by atoms with Crippen LogP contribution in [0.3, 0.4) is 0 Å². The van der Waals surface area contributed by atoms with Gasteiger partial charge in [0.05, 0.1) is 11.6 Å². The molecule has 0 atom stereocenters. The molecule has 1 aliphatic rings. The molecule has 1 amide bonds. The first-order valence-corrected chi connectivity index (χ1v) is 6.36. The summed E-state index contributed by atoms with van der Waals surface area (Å²) in [5.41, 5.74) is 0. The molecule has 0 saturated carbocycles. The largest absolute Gasteiger partial charge is 0.349 e. The molecule has 2 heterocycles. The minimum absolute atomic E-state index is 0.112. The maximum atomic E-state index is 12.1. The van der Waals surface area contributed by atoms with Crippen LogP contribution < -0.4 is 10.2 Å². The van der Waals surface area contributed by atoms with Crippen molar-refractivity contribution in [1.82, 2.24) is 15.2 Å². The molecule has 1 fully saturated rings. The van der Waals surface area contributed by atoms with Crippen molar-refractivity contribution in [3.05, 3.63) is 23.4 Å². The number of nitrogens with zero attached hydrogens (tertiary/aromatic N) is 3. The third-order valence-corrected chi connectivity index (χ3v) is 3.24. The fraction of sp³-hybridized carbons (Fsp3) is 0.500. The number of halogens is 1. The van der Waals surface area contributed by atoms with E-state index in [4.69, 9.17) is 11.6 Å². The highest BCUT2D eigenvalue weighted by molar-refractivity contribution is 6.32. The SMILES string of the molecule is CN(CC(=O)N1CCNCC1)c1ncccc1Cl. The summed E-state index contributed by atoms with van der Waals surface area (Å²) in [7, 11) is 1.83. The van der Waals surface area contributed by atoms with Gasteiger partial charge in [-0.15, -0.1) is 0 Å². The Hall–Kier alpha value is -1.33. The summed E-state index contributed by atoms with van der Waals surface area (Å²) >= 11 is 6.05. The van der Waals surface area contributed by atoms with Gasteiger partial charge in [0.25, 0.3) is 0 Å². The topological polar surface area (TPSA) is 48.5 Å². The van der Waals surface area contributed by atoms with E-state index in [2.05, 4.69) is 10.3 Å². The van der Waals surface area contributed by atoms with Crippen LogP contribution in [-0.4, -0.2) is 55.6 Å². The van der Waals surface area contributed by atoms with Gasteiger partial charge in [0.2, 0.25) is 5.91 Å². The molecule has 0 aliphatic carbocycles. The first kappa shape index (κ1) is 13.1. The number of hydrogen-bond acceptors (Lipinski definition) is 4. The highest BCUT2D eigenvalue weighted by atomic mass is 35.5. The first-order chi connectivity index (χ1) is 8.68. The Morgan fingerprint density at radius 3 is 2.94 bits per heavy atom. The molecule has 0 unspecified atom stereocenters. The molecule has 18 heavy (non-hydrogen) atoms. The Morgan fingerprint density at radius 1 is 1.56 bits per heavy atom. The number of aromatic nitrogens is 1. The summed E-state index contributed by atoms with van der Waals surface area (Å²) in [5, 5.41) is 3.79. The Kier molecular flexibility index (Phi) is 4.38. The molecule has 5 nitrogen and oxygen atoms in total. The predicted molar refractivity (Wildman–Crippen MR) is 72.0 cm³/mol. The molecule has 1 aromatic heterocycles. The number of carbonyl (C=O) groups excluding carboxylic acids is 1. The lowest BCUT2D eigenvalue weighted by Crippen LogP contribution is -2.49. The van der Waals surface area contributed by atoms with Crippen LogP contribution >= 0.6 is 11.6 Å². The second kappa shape index (κ2) is 6.02. The van der Waals surface area contributed by atoms with Crippen molar-refractivity contribution in [2.45, 2.75) is 0 Å². The number of carbonyl (C=O) groups is 1. The standard InChI is InChI=1S/C12H17ClN4O/c1-16(12-10(13)3-2-4-15-12)9-11(18)17-7-5-14-6-8-17/h2-4,14H,5-9H2,1H3. The second-order valence-electron chi connectivity index (χ2n) is 4.30. The summed E-state index contributed by atoms with van der Waals surface area (Å²) in [6.45, 7) is 3.56. The van der Waals surface area contributed by atoms with E-state index in [0.717, 1.165) is 26.2 Å². The summed E-state index contributed by atoms with van der Waals surface area (Å²) in [6.07, 6.45) is 1.67. The van der Waals surface area contributed by atoms with Crippen LogP contribution in [0.1, 0.15) is 0 Å². The van der Waals surface area contributed by atoms with Crippen LogP contribution in [0.15, 0.2) is 18.3 Å². The lowest BCUT2D eigenvalue weighted by atomic mass is 10.3. The van der Waals surface area contributed by atoms with E-state index in [-0.39, 0.29) is 5.91 Å². The van der Waals surface area contributed by atoms with Gasteiger partial charge in [-0.25, -0.2) is 4.98 Å². The van der Waals surface area contributed by atoms with Crippen LogP contribution in [0.2, 0.25) is 5.02 Å². The second-order valence-corrected chi connectivity index (χ2v) is 4.70. The van der Waals surface area contributed by atoms with Crippen LogP contribution in [0.25, 0.3) is 0 Å². The van der Waals surface area contributed by atoms with Gasteiger partial charge in [0, 0.05) is 39.4 Å². The number of rotatable bonds is 3. The molecule has 0 aromatic carbocycles. The highest BCUT2D eigenvalue weighted by Gasteiger charge is 2.18. The van der Waals surface area contributed by atoms with Crippen molar-refractivity contribution in [2.75, 3.05) is 44.7 Å². The average molecular weight is 269 g/mol. The maximum Gasteiger partial charge on any atom is 0.242 e. The molecule has 0 spiro atoms. The normalized spacial score (nSPS) is 15.6. The lowest BCUT2D eigenvalue weighted by Gasteiger charge is -2.29. The Labute approximate surface area is 112 Å². The predicted octanol–water partition coefficient (Wildman–Crippen LogP) is 0.603. The van der Waals surface area contributed by atoms with Gasteiger partial charge in [0.1, 0.15) is 5.82 Å². The van der Waals surface area contributed by atoms with Crippen LogP contribution in [-0.2, 0) is 4.79 Å². The molecule has 1 saturated heterocycles. The fourth-order valence-electron chi connectivity index (χ4n) is 1.95. The van der Waals surface area contributed by atoms with Gasteiger partial charge in [0.15, 0.2) is 0 Å². The zero-order valence-corrected chi connectivity index (χ0v) is 11.2. The zero-order chi connectivity index (χ0) is 13.0. The third-order valence-electron chi connectivity index (χ3n) is 2.94. The maximum absolute atomic E-state index is 12.1. The molecule has 0 radical (unpaired) electrons. The zero-order valence-electron chi connectivity index (χ0n) is 10.4. The van der Waals surface area contributed by atoms with E-state index in [1.807, 2.05) is 11.9 Å². The molecule has 6 heteroatoms. The van der Waals surface area contributed by atoms with E-state index in [1.54, 1.807) is 23.2 Å². The van der Waals surface area contributed by atoms with Crippen molar-refractivity contribution >= 4 is 23.3 Å². The summed E-state index contributed by atoms with van der Waals surface area (Å²) in [5.74, 6) is 0.753. The summed E-state index contributed by atoms with van der Waals surface area (Å²) < 4.78 is 0. The van der Waals surface area contributed by atoms with E-state index in [0.29, 0.717) is 17.4 Å². The van der Waals surface area contributed by atoms with E-state index >= 15 is 0 Å². The molecule has 1 aliphatic heterocycles. The van der Waals surface area contributed by atoms with E-state index in [1.165, 1.54) is 0 Å². The number of anilines is 1. The lowest BCUT2D eigenvalue weighted by molar-refractivity contribution is -0.130. The number of piperazine rings is 1. The van der Waals surface area contributed by atoms with Crippen LogP contribution in [0, 0.1) is 0 Å². The monoisotopic (exact) mass is 268 g/mol. The Bertz CT molecular complexity index is 420. The van der Waals surface area contributed by atoms with Crippen LogP contribution in [0.5, 0.6) is 0 Å². The minimum Gasteiger partial charge on any atom is -0.349 e. The molecule has 98 valence electrons. The number of pyridine rings is 1. The van der Waals surface area contributed by atoms with Gasteiger partial charge in [-0.2, -0.15) is 0 Å². The van der Waals surface area contributed by atoms with Gasteiger partial charge >= 0.3 is 0 Å². The number of nitrogens with one attached hydrogen (secondary N) is 1. The fourth-order valence-corrected chi connectivity index (χ4v) is 2.22. The summed E-state index contributed by atoms with van der Waals surface area (Å²) in [4.78, 5) is 19.9. The van der Waals surface area contributed by atoms with E-state index in [9.17, 15) is 4.79 Å². The van der Waals surface area contributed by atoms with Gasteiger partial charge in [-0.3, -0.25) is 4.79 Å².